The average molecular weight is 202 g/mol. The van der Waals surface area contributed by atoms with Crippen LogP contribution in [0, 0.1) is 0 Å². The fourth-order valence-corrected chi connectivity index (χ4v) is 1.60. The van der Waals surface area contributed by atoms with E-state index in [1.165, 1.54) is 37.7 Å². The van der Waals surface area contributed by atoms with Crippen molar-refractivity contribution in [2.45, 2.75) is 45.4 Å². The van der Waals surface area contributed by atoms with Gasteiger partial charge in [0, 0.05) is 0 Å². The summed E-state index contributed by atoms with van der Waals surface area (Å²) in [6.07, 6.45) is 23.1. The zero-order valence-corrected chi connectivity index (χ0v) is 9.78. The average Bonchev–Trinajstić information content (AvgIpc) is 2.24. The van der Waals surface area contributed by atoms with Crippen LogP contribution in [0.1, 0.15) is 45.4 Å². The van der Waals surface area contributed by atoms with Crippen molar-refractivity contribution in [3.8, 4) is 0 Å². The Kier molecular flexibility index (Phi) is 6.64. The maximum absolute atomic E-state index is 2.32. The summed E-state index contributed by atoms with van der Waals surface area (Å²) in [5, 5.41) is 0. The lowest BCUT2D eigenvalue weighted by Gasteiger charge is -1.94. The molecule has 0 fully saturated rings. The fraction of sp³-hybridized carbons (Fsp3) is 0.467. The molecule has 0 aliphatic heterocycles. The van der Waals surface area contributed by atoms with Gasteiger partial charge in [-0.1, -0.05) is 48.1 Å². The molecule has 0 bridgehead atoms. The quantitative estimate of drug-likeness (QED) is 0.487. The van der Waals surface area contributed by atoms with Crippen LogP contribution in [0.3, 0.4) is 0 Å². The van der Waals surface area contributed by atoms with Crippen LogP contribution in [0.15, 0.2) is 48.1 Å². The summed E-state index contributed by atoms with van der Waals surface area (Å²) >= 11 is 0. The zero-order chi connectivity index (χ0) is 10.8. The van der Waals surface area contributed by atoms with E-state index in [9.17, 15) is 0 Å². The van der Waals surface area contributed by atoms with Gasteiger partial charge in [-0.15, -0.1) is 0 Å². The normalized spacial score (nSPS) is 29.5. The van der Waals surface area contributed by atoms with Crippen molar-refractivity contribution in [2.24, 2.45) is 0 Å². The molecule has 1 rings (SSSR count). The summed E-state index contributed by atoms with van der Waals surface area (Å²) in [5.74, 6) is 0. The molecule has 0 N–H and O–H groups in total. The van der Waals surface area contributed by atoms with E-state index >= 15 is 0 Å². The molecule has 0 saturated heterocycles. The molecule has 0 aromatic rings. The topological polar surface area (TPSA) is 0 Å². The highest BCUT2D eigenvalue weighted by molar-refractivity contribution is 5.16. The van der Waals surface area contributed by atoms with Gasteiger partial charge >= 0.3 is 0 Å². The molecule has 0 aromatic heterocycles. The molecule has 1 aliphatic carbocycles. The fourth-order valence-electron chi connectivity index (χ4n) is 1.60. The van der Waals surface area contributed by atoms with Crippen molar-refractivity contribution in [3.05, 3.63) is 48.1 Å². The van der Waals surface area contributed by atoms with Gasteiger partial charge in [0.25, 0.3) is 0 Å². The Bertz CT molecular complexity index is 264. The standard InChI is InChI=1S/C15H22/c1-15-13-11-9-7-5-3-2-4-6-8-10-12-14-15/h3,5-6,8,11,13-14H,2,4,7,9-10,12H2,1H3/b5-3+,8-6-,13-11-,15-14+. The summed E-state index contributed by atoms with van der Waals surface area (Å²) in [4.78, 5) is 0. The first kappa shape index (κ1) is 12.0. The molecule has 0 unspecified atom stereocenters. The lowest BCUT2D eigenvalue weighted by molar-refractivity contribution is 0.979. The Morgan fingerprint density at radius 3 is 1.73 bits per heavy atom. The molecule has 0 amide bonds. The number of allylic oxidation sites excluding steroid dienone is 8. The van der Waals surface area contributed by atoms with Crippen LogP contribution < -0.4 is 0 Å². The van der Waals surface area contributed by atoms with Gasteiger partial charge in [0.1, 0.15) is 0 Å². The van der Waals surface area contributed by atoms with E-state index in [1.807, 2.05) is 0 Å². The molecule has 0 saturated carbocycles. The number of hydrogen-bond acceptors (Lipinski definition) is 0. The molecule has 1 aliphatic rings. The lowest BCUT2D eigenvalue weighted by atomic mass is 10.1. The molecule has 0 heteroatoms. The van der Waals surface area contributed by atoms with Crippen molar-refractivity contribution in [2.75, 3.05) is 0 Å². The second kappa shape index (κ2) is 8.28. The van der Waals surface area contributed by atoms with Crippen molar-refractivity contribution in [1.82, 2.24) is 0 Å². The first-order valence-electron chi connectivity index (χ1n) is 6.03. The molecule has 0 radical (unpaired) electrons. The van der Waals surface area contributed by atoms with Crippen LogP contribution in [0.4, 0.5) is 0 Å². The summed E-state index contributed by atoms with van der Waals surface area (Å²) < 4.78 is 0. The van der Waals surface area contributed by atoms with E-state index in [0.29, 0.717) is 0 Å². The van der Waals surface area contributed by atoms with Gasteiger partial charge in [-0.3, -0.25) is 0 Å². The van der Waals surface area contributed by atoms with Crippen LogP contribution in [0.25, 0.3) is 0 Å². The Hall–Kier alpha value is -1.04. The van der Waals surface area contributed by atoms with Crippen molar-refractivity contribution < 1.29 is 0 Å². The molecular weight excluding hydrogens is 180 g/mol. The highest BCUT2D eigenvalue weighted by Crippen LogP contribution is 2.05. The lowest BCUT2D eigenvalue weighted by Crippen LogP contribution is -1.74. The zero-order valence-electron chi connectivity index (χ0n) is 9.78. The molecular formula is C15H22. The van der Waals surface area contributed by atoms with Crippen LogP contribution in [0.5, 0.6) is 0 Å². The van der Waals surface area contributed by atoms with Crippen molar-refractivity contribution >= 4 is 0 Å². The highest BCUT2D eigenvalue weighted by atomic mass is 13.9. The maximum Gasteiger partial charge on any atom is -0.0310 e. The Labute approximate surface area is 94.1 Å². The molecule has 0 aromatic carbocycles. The minimum absolute atomic E-state index is 1.16. The van der Waals surface area contributed by atoms with E-state index in [2.05, 4.69) is 49.5 Å². The van der Waals surface area contributed by atoms with Gasteiger partial charge in [-0.25, -0.2) is 0 Å². The summed E-state index contributed by atoms with van der Waals surface area (Å²) in [6, 6.07) is 0. The molecule has 82 valence electrons. The summed E-state index contributed by atoms with van der Waals surface area (Å²) in [6.45, 7) is 2.18. The molecule has 0 heterocycles. The molecule has 15 heavy (non-hydrogen) atoms. The Morgan fingerprint density at radius 2 is 1.13 bits per heavy atom. The van der Waals surface area contributed by atoms with Crippen LogP contribution >= 0.6 is 0 Å². The van der Waals surface area contributed by atoms with Crippen LogP contribution in [0.2, 0.25) is 0 Å². The monoisotopic (exact) mass is 202 g/mol. The SMILES string of the molecule is CC1=C\CC/C=C\CC/C=C/CC/C=C\1. The highest BCUT2D eigenvalue weighted by Gasteiger charge is 1.84. The van der Waals surface area contributed by atoms with Crippen LogP contribution in [-0.4, -0.2) is 0 Å². The first-order chi connectivity index (χ1) is 7.39. The third kappa shape index (κ3) is 6.96. The smallest absolute Gasteiger partial charge is 0.0310 e. The van der Waals surface area contributed by atoms with Gasteiger partial charge in [0.2, 0.25) is 0 Å². The molecule has 0 nitrogen and oxygen atoms in total. The van der Waals surface area contributed by atoms with Gasteiger partial charge < -0.3 is 0 Å². The third-order valence-corrected chi connectivity index (χ3v) is 2.51. The Balaban J connectivity index is 2.46. The maximum atomic E-state index is 2.32. The van der Waals surface area contributed by atoms with Gasteiger partial charge in [-0.05, 0) is 45.4 Å². The minimum Gasteiger partial charge on any atom is -0.0882 e. The largest absolute Gasteiger partial charge is 0.0882 e. The second-order valence-electron chi connectivity index (χ2n) is 4.03. The number of hydrogen-bond donors (Lipinski definition) is 0. The predicted molar refractivity (Wildman–Crippen MR) is 68.9 cm³/mol. The van der Waals surface area contributed by atoms with Crippen LogP contribution in [-0.2, 0) is 0 Å². The third-order valence-electron chi connectivity index (χ3n) is 2.51. The number of rotatable bonds is 0. The van der Waals surface area contributed by atoms with E-state index in [-0.39, 0.29) is 0 Å². The van der Waals surface area contributed by atoms with Crippen molar-refractivity contribution in [3.63, 3.8) is 0 Å². The second-order valence-corrected chi connectivity index (χ2v) is 4.03. The van der Waals surface area contributed by atoms with E-state index in [4.69, 9.17) is 0 Å². The van der Waals surface area contributed by atoms with E-state index < -0.39 is 0 Å². The minimum atomic E-state index is 1.16. The first-order valence-corrected chi connectivity index (χ1v) is 6.03. The Morgan fingerprint density at radius 1 is 0.667 bits per heavy atom. The van der Waals surface area contributed by atoms with E-state index in [0.717, 1.165) is 6.42 Å². The predicted octanol–water partition coefficient (Wildman–Crippen LogP) is 4.96. The van der Waals surface area contributed by atoms with Gasteiger partial charge in [-0.2, -0.15) is 0 Å². The van der Waals surface area contributed by atoms with E-state index in [1.54, 1.807) is 0 Å². The van der Waals surface area contributed by atoms with Gasteiger partial charge in [0.15, 0.2) is 0 Å². The van der Waals surface area contributed by atoms with Gasteiger partial charge in [0.05, 0.1) is 0 Å². The molecule has 0 spiro atoms. The van der Waals surface area contributed by atoms with Crippen molar-refractivity contribution in [1.29, 1.82) is 0 Å². The summed E-state index contributed by atoms with van der Waals surface area (Å²) in [7, 11) is 0. The molecule has 0 atom stereocenters. The summed E-state index contributed by atoms with van der Waals surface area (Å²) in [5.41, 5.74) is 1.39.